The van der Waals surface area contributed by atoms with Crippen LogP contribution in [0.1, 0.15) is 49.7 Å². The summed E-state index contributed by atoms with van der Waals surface area (Å²) in [4.78, 5) is 23.4. The Morgan fingerprint density at radius 2 is 1.78 bits per heavy atom. The minimum Gasteiger partial charge on any atom is -0.484 e. The lowest BCUT2D eigenvalue weighted by atomic mass is 10.0. The highest BCUT2D eigenvalue weighted by Crippen LogP contribution is 2.18. The van der Waals surface area contributed by atoms with E-state index >= 15 is 0 Å². The van der Waals surface area contributed by atoms with Gasteiger partial charge in [0.25, 0.3) is 11.8 Å². The Morgan fingerprint density at radius 1 is 1.11 bits per heavy atom. The fourth-order valence-electron chi connectivity index (χ4n) is 1.86. The standard InChI is InChI=1S/C17H19N3O4S.C2H6/c1-11(2)12-5-7-13(8-6-12)24-10-15(21)19-20-17(25)18-16(22)14-4-3-9-23-14;1-2/h3-9,11H,10H2,1-2H3,(H,19,21)(H2,18,20,22,25);1-2H3. The highest BCUT2D eigenvalue weighted by Gasteiger charge is 2.11. The maximum atomic E-state index is 11.7. The summed E-state index contributed by atoms with van der Waals surface area (Å²) in [5.41, 5.74) is 5.94. The summed E-state index contributed by atoms with van der Waals surface area (Å²) in [6, 6.07) is 10.6. The van der Waals surface area contributed by atoms with E-state index in [2.05, 4.69) is 30.0 Å². The summed E-state index contributed by atoms with van der Waals surface area (Å²) < 4.78 is 10.3. The normalized spacial score (nSPS) is 9.67. The van der Waals surface area contributed by atoms with Crippen molar-refractivity contribution in [2.24, 2.45) is 0 Å². The monoisotopic (exact) mass is 391 g/mol. The van der Waals surface area contributed by atoms with Crippen molar-refractivity contribution >= 4 is 29.1 Å². The van der Waals surface area contributed by atoms with E-state index in [-0.39, 0.29) is 17.5 Å². The SMILES string of the molecule is CC.CC(C)c1ccc(OCC(=O)NNC(=S)NC(=O)c2ccco2)cc1. The zero-order valence-corrected chi connectivity index (χ0v) is 16.7. The number of carbonyl (C=O) groups is 2. The van der Waals surface area contributed by atoms with Crippen LogP contribution in [0.4, 0.5) is 0 Å². The van der Waals surface area contributed by atoms with Gasteiger partial charge < -0.3 is 9.15 Å². The molecule has 0 radical (unpaired) electrons. The van der Waals surface area contributed by atoms with E-state index in [9.17, 15) is 9.59 Å². The highest BCUT2D eigenvalue weighted by atomic mass is 32.1. The second kappa shape index (κ2) is 11.7. The predicted octanol–water partition coefficient (Wildman–Crippen LogP) is 3.14. The van der Waals surface area contributed by atoms with Gasteiger partial charge in [-0.1, -0.05) is 39.8 Å². The lowest BCUT2D eigenvalue weighted by Gasteiger charge is -2.11. The maximum absolute atomic E-state index is 11.7. The van der Waals surface area contributed by atoms with E-state index in [1.807, 2.05) is 38.1 Å². The van der Waals surface area contributed by atoms with Crippen LogP contribution in [-0.4, -0.2) is 23.5 Å². The number of hydrogen-bond acceptors (Lipinski definition) is 5. The third kappa shape index (κ3) is 7.91. The van der Waals surface area contributed by atoms with Crippen LogP contribution in [0.3, 0.4) is 0 Å². The quantitative estimate of drug-likeness (QED) is 0.536. The Bertz CT molecular complexity index is 728. The number of rotatable bonds is 5. The van der Waals surface area contributed by atoms with Crippen molar-refractivity contribution in [2.75, 3.05) is 6.61 Å². The number of amides is 2. The van der Waals surface area contributed by atoms with Crippen molar-refractivity contribution in [1.82, 2.24) is 16.2 Å². The fourth-order valence-corrected chi connectivity index (χ4v) is 2.01. The number of ether oxygens (including phenoxy) is 1. The Hall–Kier alpha value is -2.87. The molecule has 0 unspecified atom stereocenters. The number of benzene rings is 1. The van der Waals surface area contributed by atoms with Crippen LogP contribution in [0.15, 0.2) is 47.1 Å². The van der Waals surface area contributed by atoms with E-state index in [0.717, 1.165) is 0 Å². The van der Waals surface area contributed by atoms with Crippen LogP contribution in [0.2, 0.25) is 0 Å². The smallest absolute Gasteiger partial charge is 0.293 e. The molecule has 0 aliphatic rings. The summed E-state index contributed by atoms with van der Waals surface area (Å²) in [6.45, 7) is 8.01. The second-order valence-electron chi connectivity index (χ2n) is 5.45. The molecule has 3 N–H and O–H groups in total. The molecule has 0 spiro atoms. The summed E-state index contributed by atoms with van der Waals surface area (Å²) in [7, 11) is 0. The van der Waals surface area contributed by atoms with Gasteiger partial charge in [-0.2, -0.15) is 0 Å². The molecule has 27 heavy (non-hydrogen) atoms. The average molecular weight is 391 g/mol. The summed E-state index contributed by atoms with van der Waals surface area (Å²) in [5, 5.41) is 2.30. The first-order valence-electron chi connectivity index (χ1n) is 8.62. The number of nitrogens with one attached hydrogen (secondary N) is 3. The lowest BCUT2D eigenvalue weighted by molar-refractivity contribution is -0.123. The number of hydrogen-bond donors (Lipinski definition) is 3. The van der Waals surface area contributed by atoms with E-state index in [4.69, 9.17) is 21.4 Å². The van der Waals surface area contributed by atoms with Gasteiger partial charge in [0.15, 0.2) is 17.5 Å². The van der Waals surface area contributed by atoms with Gasteiger partial charge in [0.1, 0.15) is 5.75 Å². The molecule has 8 heteroatoms. The van der Waals surface area contributed by atoms with Crippen LogP contribution in [0, 0.1) is 0 Å². The van der Waals surface area contributed by atoms with Crippen LogP contribution in [0.5, 0.6) is 5.75 Å². The van der Waals surface area contributed by atoms with Crippen LogP contribution in [-0.2, 0) is 4.79 Å². The molecule has 0 saturated carbocycles. The summed E-state index contributed by atoms with van der Waals surface area (Å²) in [6.07, 6.45) is 1.37. The molecule has 0 bridgehead atoms. The van der Waals surface area contributed by atoms with Gasteiger partial charge in [0.05, 0.1) is 6.26 Å². The molecule has 1 aromatic heterocycles. The average Bonchev–Trinajstić information content (AvgIpc) is 3.21. The second-order valence-corrected chi connectivity index (χ2v) is 5.85. The van der Waals surface area contributed by atoms with Crippen LogP contribution >= 0.6 is 12.2 Å². The highest BCUT2D eigenvalue weighted by molar-refractivity contribution is 7.80. The molecule has 0 fully saturated rings. The Balaban J connectivity index is 0.00000176. The third-order valence-electron chi connectivity index (χ3n) is 3.20. The Kier molecular flexibility index (Phi) is 9.60. The van der Waals surface area contributed by atoms with E-state index in [1.165, 1.54) is 17.9 Å². The van der Waals surface area contributed by atoms with E-state index in [0.29, 0.717) is 11.7 Å². The predicted molar refractivity (Wildman–Crippen MR) is 107 cm³/mol. The van der Waals surface area contributed by atoms with Crippen molar-refractivity contribution in [3.05, 3.63) is 54.0 Å². The minimum absolute atomic E-state index is 0.0592. The van der Waals surface area contributed by atoms with Gasteiger partial charge in [-0.15, -0.1) is 0 Å². The number of carbonyl (C=O) groups excluding carboxylic acids is 2. The number of furan rings is 1. The zero-order chi connectivity index (χ0) is 20.2. The molecule has 7 nitrogen and oxygen atoms in total. The van der Waals surface area contributed by atoms with Crippen LogP contribution < -0.4 is 20.9 Å². The van der Waals surface area contributed by atoms with E-state index < -0.39 is 11.8 Å². The number of thiocarbonyl (C=S) groups is 1. The molecule has 1 heterocycles. The molecule has 0 aliphatic carbocycles. The third-order valence-corrected chi connectivity index (χ3v) is 3.41. The van der Waals surface area contributed by atoms with Gasteiger partial charge in [0, 0.05) is 0 Å². The maximum Gasteiger partial charge on any atom is 0.293 e. The van der Waals surface area contributed by atoms with Crippen LogP contribution in [0.25, 0.3) is 0 Å². The zero-order valence-electron chi connectivity index (χ0n) is 15.9. The Labute approximate surface area is 164 Å². The molecule has 0 aliphatic heterocycles. The summed E-state index contributed by atoms with van der Waals surface area (Å²) >= 11 is 4.90. The van der Waals surface area contributed by atoms with Crippen molar-refractivity contribution in [2.45, 2.75) is 33.6 Å². The first-order chi connectivity index (χ1) is 13.0. The molecule has 0 saturated heterocycles. The molecular formula is C19H25N3O4S. The van der Waals surface area contributed by atoms with Gasteiger partial charge in [-0.05, 0) is 48.0 Å². The minimum atomic E-state index is -0.516. The van der Waals surface area contributed by atoms with Crippen molar-refractivity contribution in [3.63, 3.8) is 0 Å². The molecule has 1 aromatic carbocycles. The van der Waals surface area contributed by atoms with Gasteiger partial charge in [-0.25, -0.2) is 0 Å². The lowest BCUT2D eigenvalue weighted by Crippen LogP contribution is -2.49. The largest absolute Gasteiger partial charge is 0.484 e. The molecule has 146 valence electrons. The summed E-state index contributed by atoms with van der Waals surface area (Å²) in [5.74, 6) is 0.177. The topological polar surface area (TPSA) is 92.6 Å². The van der Waals surface area contributed by atoms with Gasteiger partial charge in [-0.3, -0.25) is 25.8 Å². The first kappa shape index (κ1) is 22.2. The molecular weight excluding hydrogens is 366 g/mol. The van der Waals surface area contributed by atoms with Crippen molar-refractivity contribution < 1.29 is 18.7 Å². The van der Waals surface area contributed by atoms with Crippen molar-refractivity contribution in [1.29, 1.82) is 0 Å². The Morgan fingerprint density at radius 3 is 2.33 bits per heavy atom. The molecule has 0 atom stereocenters. The molecule has 2 rings (SSSR count). The van der Waals surface area contributed by atoms with E-state index in [1.54, 1.807) is 6.07 Å². The fraction of sp³-hybridized carbons (Fsp3) is 0.316. The molecule has 2 amide bonds. The van der Waals surface area contributed by atoms with Crippen molar-refractivity contribution in [3.8, 4) is 5.75 Å². The number of hydrazine groups is 1. The molecule has 2 aromatic rings. The first-order valence-corrected chi connectivity index (χ1v) is 9.03. The van der Waals surface area contributed by atoms with Gasteiger partial charge >= 0.3 is 0 Å². The van der Waals surface area contributed by atoms with Gasteiger partial charge in [0.2, 0.25) is 0 Å².